The lowest BCUT2D eigenvalue weighted by Gasteiger charge is -2.13. The fourth-order valence-electron chi connectivity index (χ4n) is 1.54. The van der Waals surface area contributed by atoms with Crippen LogP contribution < -0.4 is 5.32 Å². The summed E-state index contributed by atoms with van der Waals surface area (Å²) in [5.74, 6) is 0.593. The van der Waals surface area contributed by atoms with Gasteiger partial charge in [-0.15, -0.1) is 10.2 Å². The summed E-state index contributed by atoms with van der Waals surface area (Å²) in [6.45, 7) is 3.64. The molecule has 21 heavy (non-hydrogen) atoms. The van der Waals surface area contributed by atoms with E-state index in [1.54, 1.807) is 25.1 Å². The van der Waals surface area contributed by atoms with Gasteiger partial charge in [0.15, 0.2) is 5.16 Å². The van der Waals surface area contributed by atoms with Gasteiger partial charge in [0.25, 0.3) is 0 Å². The fraction of sp³-hybridized carbons (Fsp3) is 0.308. The van der Waals surface area contributed by atoms with E-state index in [4.69, 9.17) is 23.2 Å². The number of halogens is 2. The standard InChI is InChI=1S/C13H14Cl2N4OS/c1-7(21-13-18-17-8(2)19(13)3)12(20)16-11-9(14)5-4-6-10(11)15/h4-7H,1-3H3,(H,16,20)/t7-/m1/s1. The van der Waals surface area contributed by atoms with Crippen LogP contribution in [-0.2, 0) is 11.8 Å². The van der Waals surface area contributed by atoms with Crippen LogP contribution >= 0.6 is 35.0 Å². The van der Waals surface area contributed by atoms with E-state index in [-0.39, 0.29) is 11.2 Å². The van der Waals surface area contributed by atoms with Crippen molar-refractivity contribution in [3.8, 4) is 0 Å². The molecule has 0 bridgehead atoms. The molecule has 0 aliphatic carbocycles. The van der Waals surface area contributed by atoms with Crippen molar-refractivity contribution < 1.29 is 4.79 Å². The molecular weight excluding hydrogens is 331 g/mol. The monoisotopic (exact) mass is 344 g/mol. The van der Waals surface area contributed by atoms with E-state index in [0.717, 1.165) is 5.82 Å². The van der Waals surface area contributed by atoms with Gasteiger partial charge in [-0.25, -0.2) is 0 Å². The summed E-state index contributed by atoms with van der Waals surface area (Å²) in [6, 6.07) is 5.07. The molecule has 0 spiro atoms. The van der Waals surface area contributed by atoms with Gasteiger partial charge in [-0.3, -0.25) is 4.79 Å². The topological polar surface area (TPSA) is 59.8 Å². The quantitative estimate of drug-likeness (QED) is 0.861. The zero-order valence-electron chi connectivity index (χ0n) is 11.7. The van der Waals surface area contributed by atoms with Gasteiger partial charge in [-0.2, -0.15) is 0 Å². The normalized spacial score (nSPS) is 12.2. The number of thioether (sulfide) groups is 1. The molecule has 1 amide bonds. The number of nitrogens with zero attached hydrogens (tertiary/aromatic N) is 3. The maximum atomic E-state index is 12.2. The molecule has 1 atom stereocenters. The Kier molecular flexibility index (Phi) is 5.13. The van der Waals surface area contributed by atoms with Crippen molar-refractivity contribution >= 4 is 46.6 Å². The minimum absolute atomic E-state index is 0.198. The van der Waals surface area contributed by atoms with Crippen LogP contribution in [0.25, 0.3) is 0 Å². The van der Waals surface area contributed by atoms with Crippen LogP contribution in [0.2, 0.25) is 10.0 Å². The second-order valence-corrected chi connectivity index (χ2v) is 6.56. The number of rotatable bonds is 4. The third-order valence-corrected chi connectivity index (χ3v) is 4.68. The second kappa shape index (κ2) is 6.68. The van der Waals surface area contributed by atoms with Crippen molar-refractivity contribution in [1.82, 2.24) is 14.8 Å². The van der Waals surface area contributed by atoms with Gasteiger partial charge in [-0.05, 0) is 26.0 Å². The molecule has 112 valence electrons. The minimum Gasteiger partial charge on any atom is -0.323 e. The molecule has 0 radical (unpaired) electrons. The Morgan fingerprint density at radius 3 is 2.48 bits per heavy atom. The molecule has 5 nitrogen and oxygen atoms in total. The number of anilines is 1. The van der Waals surface area contributed by atoms with E-state index in [9.17, 15) is 4.79 Å². The number of aryl methyl sites for hydroxylation is 1. The predicted molar refractivity (Wildman–Crippen MR) is 86.2 cm³/mol. The highest BCUT2D eigenvalue weighted by atomic mass is 35.5. The molecule has 1 heterocycles. The number of hydrogen-bond donors (Lipinski definition) is 1. The number of aromatic nitrogens is 3. The fourth-order valence-corrected chi connectivity index (χ4v) is 2.90. The van der Waals surface area contributed by atoms with E-state index in [0.29, 0.717) is 20.9 Å². The Hall–Kier alpha value is -1.24. The molecule has 0 saturated carbocycles. The number of carbonyl (C=O) groups is 1. The maximum absolute atomic E-state index is 12.2. The molecule has 0 saturated heterocycles. The number of amides is 1. The molecule has 2 rings (SSSR count). The summed E-state index contributed by atoms with van der Waals surface area (Å²) in [5, 5.41) is 11.9. The van der Waals surface area contributed by atoms with E-state index in [1.165, 1.54) is 11.8 Å². The van der Waals surface area contributed by atoms with Crippen LogP contribution in [0.3, 0.4) is 0 Å². The third-order valence-electron chi connectivity index (χ3n) is 2.91. The summed E-state index contributed by atoms with van der Waals surface area (Å²) in [7, 11) is 1.85. The zero-order valence-corrected chi connectivity index (χ0v) is 14.1. The number of para-hydroxylation sites is 1. The Morgan fingerprint density at radius 2 is 1.95 bits per heavy atom. The van der Waals surface area contributed by atoms with E-state index in [1.807, 2.05) is 18.5 Å². The van der Waals surface area contributed by atoms with Crippen molar-refractivity contribution in [2.45, 2.75) is 24.3 Å². The Labute approximate surface area is 137 Å². The van der Waals surface area contributed by atoms with Gasteiger partial charge in [0.2, 0.25) is 5.91 Å². The Morgan fingerprint density at radius 1 is 1.33 bits per heavy atom. The highest BCUT2D eigenvalue weighted by Gasteiger charge is 2.19. The SMILES string of the molecule is Cc1nnc(S[C@H](C)C(=O)Nc2c(Cl)cccc2Cl)n1C. The summed E-state index contributed by atoms with van der Waals surface area (Å²) in [6.07, 6.45) is 0. The van der Waals surface area contributed by atoms with Crippen LogP contribution in [0.15, 0.2) is 23.4 Å². The van der Waals surface area contributed by atoms with Crippen LogP contribution in [0.1, 0.15) is 12.7 Å². The first kappa shape index (κ1) is 16.1. The average molecular weight is 345 g/mol. The van der Waals surface area contributed by atoms with Crippen molar-refractivity contribution in [2.75, 3.05) is 5.32 Å². The van der Waals surface area contributed by atoms with Crippen LogP contribution in [0.4, 0.5) is 5.69 Å². The van der Waals surface area contributed by atoms with E-state index >= 15 is 0 Å². The number of benzene rings is 1. The van der Waals surface area contributed by atoms with Gasteiger partial charge in [0.05, 0.1) is 21.0 Å². The van der Waals surface area contributed by atoms with Crippen LogP contribution in [0, 0.1) is 6.92 Å². The van der Waals surface area contributed by atoms with Crippen molar-refractivity contribution in [2.24, 2.45) is 7.05 Å². The lowest BCUT2D eigenvalue weighted by Crippen LogP contribution is -2.23. The van der Waals surface area contributed by atoms with Gasteiger partial charge in [0, 0.05) is 7.05 Å². The summed E-state index contributed by atoms with van der Waals surface area (Å²) in [5.41, 5.74) is 0.424. The van der Waals surface area contributed by atoms with Crippen molar-refractivity contribution in [3.05, 3.63) is 34.1 Å². The first-order valence-electron chi connectivity index (χ1n) is 6.17. The van der Waals surface area contributed by atoms with Crippen molar-refractivity contribution in [3.63, 3.8) is 0 Å². The highest BCUT2D eigenvalue weighted by molar-refractivity contribution is 8.00. The molecule has 1 aromatic heterocycles. The number of nitrogens with one attached hydrogen (secondary N) is 1. The Bertz CT molecular complexity index is 654. The van der Waals surface area contributed by atoms with Crippen LogP contribution in [-0.4, -0.2) is 25.9 Å². The second-order valence-electron chi connectivity index (χ2n) is 4.43. The lowest BCUT2D eigenvalue weighted by molar-refractivity contribution is -0.115. The number of carbonyl (C=O) groups excluding carboxylic acids is 1. The molecule has 1 aromatic carbocycles. The molecule has 0 fully saturated rings. The molecule has 0 aliphatic heterocycles. The van der Waals surface area contributed by atoms with Crippen LogP contribution in [0.5, 0.6) is 0 Å². The molecule has 0 aliphatic rings. The zero-order chi connectivity index (χ0) is 15.6. The van der Waals surface area contributed by atoms with E-state index in [2.05, 4.69) is 15.5 Å². The van der Waals surface area contributed by atoms with Gasteiger partial charge < -0.3 is 9.88 Å². The van der Waals surface area contributed by atoms with E-state index < -0.39 is 0 Å². The predicted octanol–water partition coefficient (Wildman–Crippen LogP) is 3.55. The highest BCUT2D eigenvalue weighted by Crippen LogP contribution is 2.31. The van der Waals surface area contributed by atoms with Gasteiger partial charge in [0.1, 0.15) is 5.82 Å². The molecule has 1 N–H and O–H groups in total. The van der Waals surface area contributed by atoms with Gasteiger partial charge >= 0.3 is 0 Å². The molecule has 0 unspecified atom stereocenters. The first-order valence-corrected chi connectivity index (χ1v) is 7.81. The smallest absolute Gasteiger partial charge is 0.237 e. The molecular formula is C13H14Cl2N4OS. The first-order chi connectivity index (χ1) is 9.90. The average Bonchev–Trinajstić information content (AvgIpc) is 2.75. The molecule has 8 heteroatoms. The lowest BCUT2D eigenvalue weighted by atomic mass is 10.3. The maximum Gasteiger partial charge on any atom is 0.237 e. The Balaban J connectivity index is 2.08. The molecule has 2 aromatic rings. The summed E-state index contributed by atoms with van der Waals surface area (Å²) in [4.78, 5) is 12.2. The third kappa shape index (κ3) is 3.70. The van der Waals surface area contributed by atoms with Crippen molar-refractivity contribution in [1.29, 1.82) is 0 Å². The van der Waals surface area contributed by atoms with Gasteiger partial charge in [-0.1, -0.05) is 41.0 Å². The minimum atomic E-state index is -0.361. The largest absolute Gasteiger partial charge is 0.323 e. The summed E-state index contributed by atoms with van der Waals surface area (Å²) >= 11 is 13.4. The number of hydrogen-bond acceptors (Lipinski definition) is 4. The summed E-state index contributed by atoms with van der Waals surface area (Å²) < 4.78 is 1.83.